The van der Waals surface area contributed by atoms with Crippen LogP contribution < -0.4 is 4.90 Å². The number of anilines is 1. The SMILES string of the molecule is CC1CN(C)CCN1c1ccc2[nH]c(-c3ccc4c(-c5nc6ccccc6[nH]5)n[nH]c4c3)nc2c1. The van der Waals surface area contributed by atoms with Crippen LogP contribution in [0.4, 0.5) is 5.69 Å². The van der Waals surface area contributed by atoms with Crippen molar-refractivity contribution in [2.24, 2.45) is 0 Å². The molecule has 35 heavy (non-hydrogen) atoms. The van der Waals surface area contributed by atoms with Gasteiger partial charge in [0.1, 0.15) is 11.5 Å². The van der Waals surface area contributed by atoms with Crippen LogP contribution in [0.3, 0.4) is 0 Å². The summed E-state index contributed by atoms with van der Waals surface area (Å²) in [6.07, 6.45) is 0. The lowest BCUT2D eigenvalue weighted by atomic mass is 10.1. The lowest BCUT2D eigenvalue weighted by Crippen LogP contribution is -2.50. The third-order valence-corrected chi connectivity index (χ3v) is 7.08. The average molecular weight is 463 g/mol. The zero-order chi connectivity index (χ0) is 23.5. The number of piperazine rings is 1. The predicted octanol–water partition coefficient (Wildman–Crippen LogP) is 4.79. The Kier molecular flexibility index (Phi) is 4.44. The van der Waals surface area contributed by atoms with E-state index in [1.165, 1.54) is 5.69 Å². The molecule has 4 heterocycles. The molecular formula is C27H26N8. The number of imidazole rings is 2. The summed E-state index contributed by atoms with van der Waals surface area (Å²) in [5.41, 5.74) is 7.97. The van der Waals surface area contributed by atoms with Crippen LogP contribution in [0.1, 0.15) is 6.92 Å². The summed E-state index contributed by atoms with van der Waals surface area (Å²) in [7, 11) is 2.19. The first-order valence-electron chi connectivity index (χ1n) is 12.0. The maximum Gasteiger partial charge on any atom is 0.159 e. The Labute approximate surface area is 202 Å². The second-order valence-electron chi connectivity index (χ2n) is 9.53. The van der Waals surface area contributed by atoms with Crippen LogP contribution in [-0.4, -0.2) is 67.8 Å². The van der Waals surface area contributed by atoms with Crippen molar-refractivity contribution in [2.75, 3.05) is 31.6 Å². The molecule has 1 atom stereocenters. The number of aromatic amines is 3. The molecule has 3 aromatic heterocycles. The quantitative estimate of drug-likeness (QED) is 0.352. The van der Waals surface area contributed by atoms with Gasteiger partial charge in [0, 0.05) is 42.3 Å². The first-order valence-corrected chi connectivity index (χ1v) is 12.0. The third-order valence-electron chi connectivity index (χ3n) is 7.08. The number of H-pyrrole nitrogens is 3. The highest BCUT2D eigenvalue weighted by atomic mass is 15.3. The summed E-state index contributed by atoms with van der Waals surface area (Å²) < 4.78 is 0. The molecule has 0 amide bonds. The predicted molar refractivity (Wildman–Crippen MR) is 141 cm³/mol. The number of fused-ring (bicyclic) bond motifs is 3. The van der Waals surface area contributed by atoms with Crippen molar-refractivity contribution in [3.8, 4) is 22.9 Å². The standard InChI is InChI=1S/C27H26N8/c1-16-15-34(2)11-12-35(16)18-8-10-22-24(14-18)31-26(28-22)17-7-9-19-23(13-17)32-33-25(19)27-29-20-5-3-4-6-21(20)30-27/h3-10,13-14,16H,11-12,15H2,1-2H3,(H,28,31)(H,29,30)(H,32,33). The van der Waals surface area contributed by atoms with E-state index in [1.807, 2.05) is 24.3 Å². The maximum atomic E-state index is 4.93. The monoisotopic (exact) mass is 462 g/mol. The van der Waals surface area contributed by atoms with Gasteiger partial charge >= 0.3 is 0 Å². The highest BCUT2D eigenvalue weighted by Crippen LogP contribution is 2.31. The zero-order valence-electron chi connectivity index (χ0n) is 19.7. The number of para-hydroxylation sites is 2. The van der Waals surface area contributed by atoms with Gasteiger partial charge in [0.2, 0.25) is 0 Å². The van der Waals surface area contributed by atoms with E-state index in [0.29, 0.717) is 6.04 Å². The molecule has 6 aromatic rings. The summed E-state index contributed by atoms with van der Waals surface area (Å²) in [5, 5.41) is 8.75. The van der Waals surface area contributed by atoms with Crippen molar-refractivity contribution in [1.29, 1.82) is 0 Å². The number of hydrogen-bond acceptors (Lipinski definition) is 5. The Balaban J connectivity index is 1.23. The molecule has 0 saturated carbocycles. The highest BCUT2D eigenvalue weighted by Gasteiger charge is 2.22. The lowest BCUT2D eigenvalue weighted by Gasteiger charge is -2.39. The summed E-state index contributed by atoms with van der Waals surface area (Å²) >= 11 is 0. The van der Waals surface area contributed by atoms with Crippen LogP contribution in [0.15, 0.2) is 60.7 Å². The molecule has 1 fully saturated rings. The van der Waals surface area contributed by atoms with E-state index in [2.05, 4.69) is 80.3 Å². The van der Waals surface area contributed by atoms with Crippen LogP contribution in [0, 0.1) is 0 Å². The second-order valence-corrected chi connectivity index (χ2v) is 9.53. The van der Waals surface area contributed by atoms with E-state index in [0.717, 1.165) is 75.5 Å². The van der Waals surface area contributed by atoms with Crippen LogP contribution in [-0.2, 0) is 0 Å². The zero-order valence-corrected chi connectivity index (χ0v) is 19.7. The van der Waals surface area contributed by atoms with Crippen LogP contribution >= 0.6 is 0 Å². The number of nitrogens with zero attached hydrogens (tertiary/aromatic N) is 5. The van der Waals surface area contributed by atoms with Crippen molar-refractivity contribution >= 4 is 38.7 Å². The molecule has 1 aliphatic heterocycles. The highest BCUT2D eigenvalue weighted by molar-refractivity contribution is 5.95. The van der Waals surface area contributed by atoms with Crippen molar-refractivity contribution in [1.82, 2.24) is 35.0 Å². The van der Waals surface area contributed by atoms with Gasteiger partial charge < -0.3 is 19.8 Å². The molecule has 7 rings (SSSR count). The molecule has 1 saturated heterocycles. The summed E-state index contributed by atoms with van der Waals surface area (Å²) in [6, 6.07) is 21.3. The fraction of sp³-hybridized carbons (Fsp3) is 0.222. The molecule has 0 bridgehead atoms. The van der Waals surface area contributed by atoms with Crippen molar-refractivity contribution in [2.45, 2.75) is 13.0 Å². The molecule has 3 N–H and O–H groups in total. The first-order chi connectivity index (χ1) is 17.1. The van der Waals surface area contributed by atoms with Gasteiger partial charge in [-0.2, -0.15) is 5.10 Å². The van der Waals surface area contributed by atoms with E-state index in [4.69, 9.17) is 9.97 Å². The number of hydrogen-bond donors (Lipinski definition) is 3. The third kappa shape index (κ3) is 3.37. The molecule has 1 unspecified atom stereocenters. The normalized spacial score (nSPS) is 17.2. The number of rotatable bonds is 3. The molecule has 8 nitrogen and oxygen atoms in total. The van der Waals surface area contributed by atoms with E-state index < -0.39 is 0 Å². The molecule has 0 aliphatic carbocycles. The average Bonchev–Trinajstić information content (AvgIpc) is 3.58. The minimum atomic E-state index is 0.480. The van der Waals surface area contributed by atoms with Crippen molar-refractivity contribution in [3.63, 3.8) is 0 Å². The minimum absolute atomic E-state index is 0.480. The van der Waals surface area contributed by atoms with E-state index in [-0.39, 0.29) is 0 Å². The molecule has 0 spiro atoms. The van der Waals surface area contributed by atoms with Crippen LogP contribution in [0.2, 0.25) is 0 Å². The summed E-state index contributed by atoms with van der Waals surface area (Å²) in [4.78, 5) is 21.4. The second kappa shape index (κ2) is 7.68. The number of aromatic nitrogens is 6. The Bertz CT molecular complexity index is 1660. The van der Waals surface area contributed by atoms with E-state index in [1.54, 1.807) is 0 Å². The van der Waals surface area contributed by atoms with Gasteiger partial charge in [-0.1, -0.05) is 18.2 Å². The number of likely N-dealkylation sites (N-methyl/N-ethyl adjacent to an activating group) is 1. The summed E-state index contributed by atoms with van der Waals surface area (Å²) in [6.45, 7) is 5.47. The molecular weight excluding hydrogens is 436 g/mol. The van der Waals surface area contributed by atoms with Crippen LogP contribution in [0.25, 0.3) is 55.9 Å². The Morgan fingerprint density at radius 3 is 2.54 bits per heavy atom. The van der Waals surface area contributed by atoms with Crippen LogP contribution in [0.5, 0.6) is 0 Å². The fourth-order valence-corrected chi connectivity index (χ4v) is 5.25. The minimum Gasteiger partial charge on any atom is -0.366 e. The Morgan fingerprint density at radius 1 is 0.829 bits per heavy atom. The lowest BCUT2D eigenvalue weighted by molar-refractivity contribution is 0.275. The first kappa shape index (κ1) is 20.2. The van der Waals surface area contributed by atoms with Crippen molar-refractivity contribution in [3.05, 3.63) is 60.7 Å². The molecule has 0 radical (unpaired) electrons. The Morgan fingerprint density at radius 2 is 1.66 bits per heavy atom. The number of benzene rings is 3. The van der Waals surface area contributed by atoms with Gasteiger partial charge in [0.15, 0.2) is 5.82 Å². The largest absolute Gasteiger partial charge is 0.366 e. The molecule has 174 valence electrons. The smallest absolute Gasteiger partial charge is 0.159 e. The molecule has 8 heteroatoms. The fourth-order valence-electron chi connectivity index (χ4n) is 5.25. The Hall–Kier alpha value is -4.17. The van der Waals surface area contributed by atoms with Crippen molar-refractivity contribution < 1.29 is 0 Å². The number of nitrogens with one attached hydrogen (secondary N) is 3. The van der Waals surface area contributed by atoms with Gasteiger partial charge in [-0.05, 0) is 56.4 Å². The maximum absolute atomic E-state index is 4.93. The molecule has 1 aliphatic rings. The van der Waals surface area contributed by atoms with Gasteiger partial charge in [-0.15, -0.1) is 0 Å². The summed E-state index contributed by atoms with van der Waals surface area (Å²) in [5.74, 6) is 1.62. The van der Waals surface area contributed by atoms with E-state index in [9.17, 15) is 0 Å². The van der Waals surface area contributed by atoms with Gasteiger partial charge in [-0.25, -0.2) is 9.97 Å². The van der Waals surface area contributed by atoms with Gasteiger partial charge in [0.25, 0.3) is 0 Å². The van der Waals surface area contributed by atoms with E-state index >= 15 is 0 Å². The van der Waals surface area contributed by atoms with Gasteiger partial charge in [-0.3, -0.25) is 5.10 Å². The topological polar surface area (TPSA) is 92.5 Å². The van der Waals surface area contributed by atoms with Gasteiger partial charge in [0.05, 0.1) is 27.6 Å². The molecule has 3 aromatic carbocycles.